The maximum atomic E-state index is 11.8. The molecule has 1 fully saturated rings. The Bertz CT molecular complexity index is 787. The molecule has 1 aliphatic heterocycles. The minimum atomic E-state index is -3.13. The van der Waals surface area contributed by atoms with Crippen LogP contribution in [0.1, 0.15) is 18.5 Å². The number of hydrogen-bond acceptors (Lipinski definition) is 5. The molecule has 0 spiro atoms. The Morgan fingerprint density at radius 2 is 2.04 bits per heavy atom. The Morgan fingerprint density at radius 1 is 1.26 bits per heavy atom. The van der Waals surface area contributed by atoms with Crippen molar-refractivity contribution in [2.75, 3.05) is 19.3 Å². The summed E-state index contributed by atoms with van der Waals surface area (Å²) in [5, 5.41) is 4.19. The first-order valence-corrected chi connectivity index (χ1v) is 9.53. The SMILES string of the molecule is Cn1nccc1-c1nccnc1C[C@H]1CCCN(S(C)(=O)=O)C1. The van der Waals surface area contributed by atoms with E-state index in [9.17, 15) is 8.42 Å². The second kappa shape index (κ2) is 6.37. The average molecular weight is 335 g/mol. The zero-order valence-corrected chi connectivity index (χ0v) is 14.2. The topological polar surface area (TPSA) is 81.0 Å². The fraction of sp³-hybridized carbons (Fsp3) is 0.533. The van der Waals surface area contributed by atoms with Gasteiger partial charge in [-0.3, -0.25) is 14.6 Å². The van der Waals surface area contributed by atoms with Gasteiger partial charge in [-0.2, -0.15) is 5.10 Å². The van der Waals surface area contributed by atoms with Gasteiger partial charge in [0.25, 0.3) is 0 Å². The first-order valence-electron chi connectivity index (χ1n) is 7.68. The molecule has 0 aromatic carbocycles. The number of piperidine rings is 1. The van der Waals surface area contributed by atoms with Crippen molar-refractivity contribution in [3.05, 3.63) is 30.4 Å². The lowest BCUT2D eigenvalue weighted by Gasteiger charge is -2.31. The molecule has 0 bridgehead atoms. The fourth-order valence-electron chi connectivity index (χ4n) is 3.10. The molecule has 8 heteroatoms. The monoisotopic (exact) mass is 335 g/mol. The van der Waals surface area contributed by atoms with Crippen molar-refractivity contribution in [2.24, 2.45) is 13.0 Å². The van der Waals surface area contributed by atoms with E-state index < -0.39 is 10.0 Å². The van der Waals surface area contributed by atoms with E-state index in [-0.39, 0.29) is 5.92 Å². The normalized spacial score (nSPS) is 19.8. The minimum Gasteiger partial charge on any atom is -0.266 e. The summed E-state index contributed by atoms with van der Waals surface area (Å²) < 4.78 is 26.9. The molecule has 0 saturated carbocycles. The summed E-state index contributed by atoms with van der Waals surface area (Å²) in [5.41, 5.74) is 2.64. The molecule has 0 unspecified atom stereocenters. The largest absolute Gasteiger partial charge is 0.266 e. The minimum absolute atomic E-state index is 0.266. The van der Waals surface area contributed by atoms with Gasteiger partial charge in [0.05, 0.1) is 17.6 Å². The molecule has 0 amide bonds. The number of aromatic nitrogens is 4. The summed E-state index contributed by atoms with van der Waals surface area (Å²) in [5.74, 6) is 0.266. The molecule has 23 heavy (non-hydrogen) atoms. The van der Waals surface area contributed by atoms with Crippen LogP contribution in [0.3, 0.4) is 0 Å². The summed E-state index contributed by atoms with van der Waals surface area (Å²) in [7, 11) is -1.25. The molecule has 0 radical (unpaired) electrons. The Balaban J connectivity index is 1.82. The van der Waals surface area contributed by atoms with Gasteiger partial charge in [0, 0.05) is 38.7 Å². The first kappa shape index (κ1) is 16.1. The lowest BCUT2D eigenvalue weighted by Crippen LogP contribution is -2.39. The van der Waals surface area contributed by atoms with Crippen molar-refractivity contribution in [3.63, 3.8) is 0 Å². The molecule has 1 saturated heterocycles. The smallest absolute Gasteiger partial charge is 0.211 e. The average Bonchev–Trinajstić information content (AvgIpc) is 2.93. The van der Waals surface area contributed by atoms with E-state index in [2.05, 4.69) is 15.1 Å². The molecule has 1 aliphatic rings. The highest BCUT2D eigenvalue weighted by molar-refractivity contribution is 7.88. The van der Waals surface area contributed by atoms with Gasteiger partial charge in [-0.15, -0.1) is 0 Å². The van der Waals surface area contributed by atoms with Gasteiger partial charge in [-0.25, -0.2) is 12.7 Å². The summed E-state index contributed by atoms with van der Waals surface area (Å²) >= 11 is 0. The van der Waals surface area contributed by atoms with E-state index in [0.29, 0.717) is 13.1 Å². The molecule has 3 heterocycles. The number of sulfonamides is 1. The maximum absolute atomic E-state index is 11.8. The second-order valence-corrected chi connectivity index (χ2v) is 8.01. The highest BCUT2D eigenvalue weighted by Crippen LogP contribution is 2.26. The van der Waals surface area contributed by atoms with Crippen LogP contribution in [0.4, 0.5) is 0 Å². The summed E-state index contributed by atoms with van der Waals surface area (Å²) in [6.07, 6.45) is 8.99. The number of aryl methyl sites for hydroxylation is 1. The molecular weight excluding hydrogens is 314 g/mol. The second-order valence-electron chi connectivity index (χ2n) is 6.03. The van der Waals surface area contributed by atoms with Crippen LogP contribution in [0, 0.1) is 5.92 Å². The predicted molar refractivity (Wildman–Crippen MR) is 87.1 cm³/mol. The van der Waals surface area contributed by atoms with E-state index in [1.807, 2.05) is 13.1 Å². The molecule has 7 nitrogen and oxygen atoms in total. The van der Waals surface area contributed by atoms with Crippen LogP contribution in [0.25, 0.3) is 11.4 Å². The van der Waals surface area contributed by atoms with Crippen LogP contribution in [0.15, 0.2) is 24.7 Å². The molecule has 2 aromatic rings. The van der Waals surface area contributed by atoms with E-state index in [1.165, 1.54) is 6.26 Å². The van der Waals surface area contributed by atoms with Gasteiger partial charge in [0.1, 0.15) is 5.69 Å². The van der Waals surface area contributed by atoms with Gasteiger partial charge >= 0.3 is 0 Å². The van der Waals surface area contributed by atoms with Crippen LogP contribution < -0.4 is 0 Å². The van der Waals surface area contributed by atoms with Crippen molar-refractivity contribution >= 4 is 10.0 Å². The molecule has 2 aromatic heterocycles. The lowest BCUT2D eigenvalue weighted by molar-refractivity contribution is 0.265. The van der Waals surface area contributed by atoms with Crippen LogP contribution >= 0.6 is 0 Å². The van der Waals surface area contributed by atoms with Crippen molar-refractivity contribution in [1.82, 2.24) is 24.1 Å². The summed E-state index contributed by atoms with van der Waals surface area (Å²) in [6, 6.07) is 1.91. The van der Waals surface area contributed by atoms with Gasteiger partial charge in [0.2, 0.25) is 10.0 Å². The Hall–Kier alpha value is -1.80. The van der Waals surface area contributed by atoms with Gasteiger partial charge in [-0.05, 0) is 31.2 Å². The standard InChI is InChI=1S/C15H21N5O2S/c1-19-14(5-6-18-19)15-13(16-7-8-17-15)10-12-4-3-9-20(11-12)23(2,21)22/h5-8,12H,3-4,9-11H2,1-2H3/t12-/m1/s1. The Kier molecular flexibility index (Phi) is 4.45. The zero-order valence-electron chi connectivity index (χ0n) is 13.4. The number of rotatable bonds is 4. The van der Waals surface area contributed by atoms with Crippen LogP contribution in [-0.2, 0) is 23.5 Å². The third-order valence-corrected chi connectivity index (χ3v) is 5.54. The summed E-state index contributed by atoms with van der Waals surface area (Å²) in [4.78, 5) is 8.95. The van der Waals surface area contributed by atoms with E-state index in [1.54, 1.807) is 27.6 Å². The third kappa shape index (κ3) is 3.59. The van der Waals surface area contributed by atoms with Crippen molar-refractivity contribution < 1.29 is 8.42 Å². The zero-order chi connectivity index (χ0) is 16.4. The van der Waals surface area contributed by atoms with Crippen molar-refractivity contribution in [3.8, 4) is 11.4 Å². The maximum Gasteiger partial charge on any atom is 0.211 e. The molecule has 0 aliphatic carbocycles. The fourth-order valence-corrected chi connectivity index (χ4v) is 4.05. The molecule has 1 atom stereocenters. The van der Waals surface area contributed by atoms with Crippen molar-refractivity contribution in [1.29, 1.82) is 0 Å². The first-order chi connectivity index (χ1) is 10.9. The lowest BCUT2D eigenvalue weighted by atomic mass is 9.93. The van der Waals surface area contributed by atoms with E-state index >= 15 is 0 Å². The highest BCUT2D eigenvalue weighted by atomic mass is 32.2. The van der Waals surface area contributed by atoms with Crippen LogP contribution in [0.5, 0.6) is 0 Å². The van der Waals surface area contributed by atoms with E-state index in [4.69, 9.17) is 0 Å². The van der Waals surface area contributed by atoms with Gasteiger partial charge < -0.3 is 0 Å². The molecular formula is C15H21N5O2S. The van der Waals surface area contributed by atoms with Gasteiger partial charge in [0.15, 0.2) is 0 Å². The molecule has 124 valence electrons. The Morgan fingerprint density at radius 3 is 2.74 bits per heavy atom. The van der Waals surface area contributed by atoms with E-state index in [0.717, 1.165) is 36.3 Å². The number of hydrogen-bond donors (Lipinski definition) is 0. The van der Waals surface area contributed by atoms with Crippen LogP contribution in [0.2, 0.25) is 0 Å². The number of nitrogens with zero attached hydrogens (tertiary/aromatic N) is 5. The third-order valence-electron chi connectivity index (χ3n) is 4.27. The Labute approximate surface area is 136 Å². The quantitative estimate of drug-likeness (QED) is 0.835. The highest BCUT2D eigenvalue weighted by Gasteiger charge is 2.27. The van der Waals surface area contributed by atoms with Gasteiger partial charge in [-0.1, -0.05) is 0 Å². The summed E-state index contributed by atoms with van der Waals surface area (Å²) in [6.45, 7) is 1.17. The predicted octanol–water partition coefficient (Wildman–Crippen LogP) is 1.09. The van der Waals surface area contributed by atoms with Crippen molar-refractivity contribution in [2.45, 2.75) is 19.3 Å². The molecule has 0 N–H and O–H groups in total. The van der Waals surface area contributed by atoms with Crippen LogP contribution in [-0.4, -0.2) is 51.8 Å². The molecule has 3 rings (SSSR count).